The lowest BCUT2D eigenvalue weighted by atomic mass is 9.87. The SMILES string of the molecule is COCCCc1ccn2ncc(C(=O)Nc3cc(-c4nnn(C5CC(=C(O)OC)C5)n4)ccc3C)c2c1. The highest BCUT2D eigenvalue weighted by Crippen LogP contribution is 2.38. The van der Waals surface area contributed by atoms with Crippen molar-refractivity contribution < 1.29 is 19.4 Å². The van der Waals surface area contributed by atoms with Crippen molar-refractivity contribution in [2.45, 2.75) is 38.6 Å². The van der Waals surface area contributed by atoms with Crippen molar-refractivity contribution >= 4 is 17.1 Å². The first kappa shape index (κ1) is 24.4. The van der Waals surface area contributed by atoms with Crippen LogP contribution in [0.4, 0.5) is 5.69 Å². The third kappa shape index (κ3) is 5.03. The number of rotatable bonds is 9. The van der Waals surface area contributed by atoms with Crippen molar-refractivity contribution in [1.82, 2.24) is 29.8 Å². The van der Waals surface area contributed by atoms with Crippen molar-refractivity contribution in [3.05, 3.63) is 70.9 Å². The van der Waals surface area contributed by atoms with Crippen LogP contribution >= 0.6 is 0 Å². The Balaban J connectivity index is 1.32. The molecule has 1 aliphatic rings. The molecule has 1 saturated carbocycles. The molecule has 3 aromatic heterocycles. The number of pyridine rings is 1. The molecular formula is C26H29N7O4. The maximum Gasteiger partial charge on any atom is 0.275 e. The number of aromatic nitrogens is 6. The zero-order valence-electron chi connectivity index (χ0n) is 21.0. The Morgan fingerprint density at radius 3 is 2.84 bits per heavy atom. The predicted molar refractivity (Wildman–Crippen MR) is 136 cm³/mol. The van der Waals surface area contributed by atoms with E-state index in [2.05, 4.69) is 25.8 Å². The second-order valence-electron chi connectivity index (χ2n) is 9.11. The van der Waals surface area contributed by atoms with Gasteiger partial charge in [0.1, 0.15) is 0 Å². The van der Waals surface area contributed by atoms with E-state index in [1.54, 1.807) is 22.6 Å². The molecule has 3 heterocycles. The van der Waals surface area contributed by atoms with Crippen LogP contribution in [0.1, 0.15) is 46.8 Å². The summed E-state index contributed by atoms with van der Waals surface area (Å²) in [6.07, 6.45) is 6.43. The Hall–Kier alpha value is -4.25. The average molecular weight is 504 g/mol. The van der Waals surface area contributed by atoms with Crippen molar-refractivity contribution in [3.8, 4) is 11.4 Å². The molecule has 5 rings (SSSR count). The monoisotopic (exact) mass is 503 g/mol. The van der Waals surface area contributed by atoms with Gasteiger partial charge in [-0.1, -0.05) is 12.1 Å². The number of tetrazole rings is 1. The number of allylic oxidation sites excluding steroid dienone is 1. The standard InChI is InChI=1S/C26H29N7O4/c1-16-6-7-18(24-29-31-33(30-24)20-12-19(13-20)26(35)37-3)14-22(16)28-25(34)21-15-27-32-9-8-17(11-23(21)32)5-4-10-36-2/h6-9,11,14-15,20,35H,4-5,10,12-13H2,1-3H3,(H,28,34). The van der Waals surface area contributed by atoms with Crippen LogP contribution in [0, 0.1) is 6.92 Å². The van der Waals surface area contributed by atoms with E-state index in [-0.39, 0.29) is 17.9 Å². The lowest BCUT2D eigenvalue weighted by Crippen LogP contribution is -2.23. The highest BCUT2D eigenvalue weighted by molar-refractivity contribution is 6.09. The molecule has 0 atom stereocenters. The van der Waals surface area contributed by atoms with Crippen molar-refractivity contribution in [1.29, 1.82) is 0 Å². The fourth-order valence-corrected chi connectivity index (χ4v) is 4.35. The van der Waals surface area contributed by atoms with Crippen molar-refractivity contribution in [3.63, 3.8) is 0 Å². The van der Waals surface area contributed by atoms with E-state index in [0.29, 0.717) is 36.5 Å². The van der Waals surface area contributed by atoms with Crippen LogP contribution in [0.15, 0.2) is 54.2 Å². The summed E-state index contributed by atoms with van der Waals surface area (Å²) in [6, 6.07) is 9.68. The number of carbonyl (C=O) groups is 1. The molecule has 192 valence electrons. The molecule has 2 N–H and O–H groups in total. The number of ether oxygens (including phenoxy) is 2. The van der Waals surface area contributed by atoms with Gasteiger partial charge in [-0.2, -0.15) is 9.90 Å². The number of methoxy groups -OCH3 is 2. The number of aliphatic hydroxyl groups is 1. The molecule has 0 bridgehead atoms. The third-order valence-corrected chi connectivity index (χ3v) is 6.60. The summed E-state index contributed by atoms with van der Waals surface area (Å²) < 4.78 is 11.7. The molecule has 0 spiro atoms. The molecule has 1 aromatic carbocycles. The molecule has 4 aromatic rings. The zero-order valence-corrected chi connectivity index (χ0v) is 21.0. The van der Waals surface area contributed by atoms with Crippen LogP contribution in [0.25, 0.3) is 16.9 Å². The molecular weight excluding hydrogens is 474 g/mol. The Kier molecular flexibility index (Phi) is 6.87. The number of hydrogen-bond acceptors (Lipinski definition) is 8. The quantitative estimate of drug-likeness (QED) is 0.260. The Bertz CT molecular complexity index is 1460. The van der Waals surface area contributed by atoms with E-state index >= 15 is 0 Å². The number of nitrogens with zero attached hydrogens (tertiary/aromatic N) is 6. The number of carbonyl (C=O) groups excluding carboxylic acids is 1. The first-order valence-electron chi connectivity index (χ1n) is 12.1. The van der Waals surface area contributed by atoms with Gasteiger partial charge in [-0.15, -0.1) is 10.2 Å². The Morgan fingerprint density at radius 2 is 2.05 bits per heavy atom. The number of amides is 1. The van der Waals surface area contributed by atoms with Crippen molar-refractivity contribution in [2.75, 3.05) is 26.1 Å². The molecule has 0 unspecified atom stereocenters. The van der Waals surface area contributed by atoms with Gasteiger partial charge in [-0.25, -0.2) is 4.52 Å². The maximum absolute atomic E-state index is 13.2. The van der Waals surface area contributed by atoms with E-state index in [1.807, 2.05) is 43.5 Å². The lowest BCUT2D eigenvalue weighted by molar-refractivity contribution is 0.102. The average Bonchev–Trinajstić information content (AvgIpc) is 3.52. The molecule has 1 amide bonds. The third-order valence-electron chi connectivity index (χ3n) is 6.60. The highest BCUT2D eigenvalue weighted by Gasteiger charge is 2.31. The van der Waals surface area contributed by atoms with Gasteiger partial charge in [-0.05, 0) is 54.3 Å². The number of nitrogens with one attached hydrogen (secondary N) is 1. The van der Waals surface area contributed by atoms with Crippen LogP contribution < -0.4 is 5.32 Å². The van der Waals surface area contributed by atoms with Gasteiger partial charge < -0.3 is 19.9 Å². The fraction of sp³-hybridized carbons (Fsp3) is 0.346. The van der Waals surface area contributed by atoms with Gasteiger partial charge in [0.15, 0.2) is 0 Å². The van der Waals surface area contributed by atoms with Crippen LogP contribution in [0.5, 0.6) is 0 Å². The van der Waals surface area contributed by atoms with Crippen LogP contribution in [-0.2, 0) is 15.9 Å². The summed E-state index contributed by atoms with van der Waals surface area (Å²) in [7, 11) is 3.13. The summed E-state index contributed by atoms with van der Waals surface area (Å²) in [5.41, 5.74) is 5.51. The minimum Gasteiger partial charge on any atom is -0.481 e. The smallest absolute Gasteiger partial charge is 0.275 e. The molecule has 11 heteroatoms. The molecule has 0 radical (unpaired) electrons. The highest BCUT2D eigenvalue weighted by atomic mass is 16.6. The molecule has 11 nitrogen and oxygen atoms in total. The Labute approximate surface area is 213 Å². The van der Waals surface area contributed by atoms with Crippen LogP contribution in [0.3, 0.4) is 0 Å². The van der Waals surface area contributed by atoms with E-state index < -0.39 is 0 Å². The van der Waals surface area contributed by atoms with Gasteiger partial charge >= 0.3 is 0 Å². The predicted octanol–water partition coefficient (Wildman–Crippen LogP) is 3.88. The largest absolute Gasteiger partial charge is 0.481 e. The van der Waals surface area contributed by atoms with E-state index in [1.165, 1.54) is 7.11 Å². The first-order chi connectivity index (χ1) is 18.0. The van der Waals surface area contributed by atoms with Gasteiger partial charge in [0, 0.05) is 49.6 Å². The number of hydrogen-bond donors (Lipinski definition) is 2. The minimum atomic E-state index is -0.243. The first-order valence-corrected chi connectivity index (χ1v) is 12.1. The topological polar surface area (TPSA) is 129 Å². The van der Waals surface area contributed by atoms with Crippen LogP contribution in [0.2, 0.25) is 0 Å². The molecule has 0 aliphatic heterocycles. The van der Waals surface area contributed by atoms with Crippen molar-refractivity contribution in [2.24, 2.45) is 0 Å². The number of benzene rings is 1. The summed E-state index contributed by atoms with van der Waals surface area (Å²) in [5.74, 6) is 0.178. The number of fused-ring (bicyclic) bond motifs is 1. The van der Waals surface area contributed by atoms with E-state index in [9.17, 15) is 9.90 Å². The van der Waals surface area contributed by atoms with Gasteiger partial charge in [0.2, 0.25) is 5.82 Å². The normalized spacial score (nSPS) is 15.0. The summed E-state index contributed by atoms with van der Waals surface area (Å²) in [5, 5.41) is 29.9. The number of aryl methyl sites for hydroxylation is 2. The second-order valence-corrected chi connectivity index (χ2v) is 9.11. The second kappa shape index (κ2) is 10.4. The summed E-state index contributed by atoms with van der Waals surface area (Å²) >= 11 is 0. The summed E-state index contributed by atoms with van der Waals surface area (Å²) in [6.45, 7) is 2.62. The number of aliphatic hydroxyl groups excluding tert-OH is 1. The van der Waals surface area contributed by atoms with Crippen LogP contribution in [-0.4, -0.2) is 61.7 Å². The van der Waals surface area contributed by atoms with Gasteiger partial charge in [0.05, 0.1) is 30.4 Å². The van der Waals surface area contributed by atoms with Gasteiger partial charge in [0.25, 0.3) is 11.9 Å². The minimum absolute atomic E-state index is 0.0215. The molecule has 37 heavy (non-hydrogen) atoms. The summed E-state index contributed by atoms with van der Waals surface area (Å²) in [4.78, 5) is 14.8. The Morgan fingerprint density at radius 1 is 1.22 bits per heavy atom. The van der Waals surface area contributed by atoms with E-state index in [0.717, 1.165) is 40.6 Å². The zero-order chi connectivity index (χ0) is 25.9. The maximum atomic E-state index is 13.2. The fourth-order valence-electron chi connectivity index (χ4n) is 4.35. The molecule has 0 saturated heterocycles. The molecule has 1 aliphatic carbocycles. The van der Waals surface area contributed by atoms with E-state index in [4.69, 9.17) is 9.47 Å². The number of anilines is 1. The lowest BCUT2D eigenvalue weighted by Gasteiger charge is -2.27. The molecule has 1 fully saturated rings. The van der Waals surface area contributed by atoms with Gasteiger partial charge in [-0.3, -0.25) is 4.79 Å².